The van der Waals surface area contributed by atoms with Crippen LogP contribution in [0.5, 0.6) is 0 Å². The summed E-state index contributed by atoms with van der Waals surface area (Å²) >= 11 is 0. The van der Waals surface area contributed by atoms with Gasteiger partial charge in [-0.15, -0.1) is 0 Å². The lowest BCUT2D eigenvalue weighted by molar-refractivity contribution is 0.105. The summed E-state index contributed by atoms with van der Waals surface area (Å²) in [5.41, 5.74) is 5.73. The lowest BCUT2D eigenvalue weighted by Crippen LogP contribution is -1.92. The quantitative estimate of drug-likeness (QED) is 0.239. The van der Waals surface area contributed by atoms with Gasteiger partial charge >= 0.3 is 0 Å². The van der Waals surface area contributed by atoms with Crippen LogP contribution in [-0.4, -0.2) is 5.78 Å². The Labute approximate surface area is 103 Å². The predicted molar refractivity (Wildman–Crippen MR) is 68.2 cm³/mol. The number of Topliss-reactive ketones (excluding diaryl/α,β-unsaturated/α-hetero) is 1. The van der Waals surface area contributed by atoms with E-state index in [1.165, 1.54) is 0 Å². The smallest absolute Gasteiger partial charge is 0.236 e. The Morgan fingerprint density at radius 3 is 2.47 bits per heavy atom. The van der Waals surface area contributed by atoms with Crippen molar-refractivity contribution in [2.45, 2.75) is 0 Å². The van der Waals surface area contributed by atoms with Crippen molar-refractivity contribution in [3.63, 3.8) is 0 Å². The van der Waals surface area contributed by atoms with Crippen molar-refractivity contribution in [2.75, 3.05) is 0 Å². The molecule has 2 heteroatoms. The van der Waals surface area contributed by atoms with Gasteiger partial charge in [0.15, 0.2) is 0 Å². The van der Waals surface area contributed by atoms with E-state index in [0.717, 1.165) is 0 Å². The number of hydrogen-bond acceptors (Lipinski definition) is 1. The molecule has 78 valence electrons. The second-order valence-electron chi connectivity index (χ2n) is 2.66. The van der Waals surface area contributed by atoms with Gasteiger partial charge in [-0.25, -0.2) is 0 Å². The average Bonchev–Trinajstić information content (AvgIpc) is 2.38. The number of hydrogen-bond donors (Lipinski definition) is 0. The SMILES string of the molecule is [C-]#CC#C[P-]C#CC#CC(=O)c1ccccc1. The van der Waals surface area contributed by atoms with Crippen LogP contribution in [0.3, 0.4) is 0 Å². The van der Waals surface area contributed by atoms with Crippen molar-refractivity contribution >= 4 is 14.4 Å². The minimum absolute atomic E-state index is 0.254. The van der Waals surface area contributed by atoms with Gasteiger partial charge in [0.2, 0.25) is 5.78 Å². The normalized spacial score (nSPS) is 7.71. The van der Waals surface area contributed by atoms with Crippen LogP contribution in [0.4, 0.5) is 0 Å². The molecule has 17 heavy (non-hydrogen) atoms. The summed E-state index contributed by atoms with van der Waals surface area (Å²) in [6, 6.07) is 8.80. The zero-order chi connectivity index (χ0) is 12.3. The van der Waals surface area contributed by atoms with Crippen molar-refractivity contribution in [3.05, 3.63) is 42.3 Å². The van der Waals surface area contributed by atoms with E-state index in [9.17, 15) is 4.79 Å². The van der Waals surface area contributed by atoms with Crippen LogP contribution in [0.1, 0.15) is 10.4 Å². The first-order valence-electron chi connectivity index (χ1n) is 4.56. The Morgan fingerprint density at radius 2 is 1.76 bits per heavy atom. The van der Waals surface area contributed by atoms with Crippen LogP contribution in [-0.2, 0) is 0 Å². The highest BCUT2D eigenvalue weighted by Crippen LogP contribution is 2.01. The number of carbonyl (C=O) groups is 1. The molecule has 0 aromatic heterocycles. The molecule has 0 fully saturated rings. The Hall–Kier alpha value is -2.44. The molecule has 0 saturated heterocycles. The van der Waals surface area contributed by atoms with E-state index >= 15 is 0 Å². The average molecular weight is 232 g/mol. The van der Waals surface area contributed by atoms with Gasteiger partial charge in [-0.3, -0.25) is 22.3 Å². The molecular formula is C15H5OP-2. The molecule has 1 aromatic carbocycles. The third-order valence-electron chi connectivity index (χ3n) is 1.56. The number of benzene rings is 1. The Morgan fingerprint density at radius 1 is 1.06 bits per heavy atom. The lowest BCUT2D eigenvalue weighted by atomic mass is 10.1. The van der Waals surface area contributed by atoms with Crippen LogP contribution >= 0.6 is 8.58 Å². The van der Waals surface area contributed by atoms with Gasteiger partial charge in [0.1, 0.15) is 0 Å². The Balaban J connectivity index is 2.57. The van der Waals surface area contributed by atoms with Crippen molar-refractivity contribution in [3.8, 4) is 40.9 Å². The molecule has 0 spiro atoms. The maximum Gasteiger partial charge on any atom is 0.236 e. The Bertz CT molecular complexity index is 616. The summed E-state index contributed by atoms with van der Waals surface area (Å²) in [5.74, 6) is 11.4. The molecule has 0 heterocycles. The highest BCUT2D eigenvalue weighted by Gasteiger charge is 1.97. The summed E-state index contributed by atoms with van der Waals surface area (Å²) in [5, 5.41) is 0. The van der Waals surface area contributed by atoms with Gasteiger partial charge in [-0.2, -0.15) is 0 Å². The number of ketones is 1. The summed E-state index contributed by atoms with van der Waals surface area (Å²) in [6.45, 7) is 0. The third-order valence-corrected chi connectivity index (χ3v) is 2.01. The monoisotopic (exact) mass is 232 g/mol. The second kappa shape index (κ2) is 7.80. The Kier molecular flexibility index (Phi) is 5.79. The molecule has 0 saturated carbocycles. The van der Waals surface area contributed by atoms with Crippen molar-refractivity contribution in [2.24, 2.45) is 0 Å². The molecule has 1 nitrogen and oxygen atoms in total. The topological polar surface area (TPSA) is 17.1 Å². The molecule has 1 rings (SSSR count). The largest absolute Gasteiger partial charge is 0.389 e. The van der Waals surface area contributed by atoms with Crippen molar-refractivity contribution < 1.29 is 4.79 Å². The van der Waals surface area contributed by atoms with Gasteiger partial charge in [-0.1, -0.05) is 30.3 Å². The second-order valence-corrected chi connectivity index (χ2v) is 3.33. The van der Waals surface area contributed by atoms with Crippen molar-refractivity contribution in [1.82, 2.24) is 0 Å². The van der Waals surface area contributed by atoms with Gasteiger partial charge < -0.3 is 20.7 Å². The highest BCUT2D eigenvalue weighted by molar-refractivity contribution is 7.49. The van der Waals surface area contributed by atoms with E-state index in [2.05, 4.69) is 35.0 Å². The highest BCUT2D eigenvalue weighted by atomic mass is 31.1. The molecule has 0 atom stereocenters. The van der Waals surface area contributed by atoms with E-state index < -0.39 is 0 Å². The van der Waals surface area contributed by atoms with Crippen LogP contribution in [0.2, 0.25) is 0 Å². The molecule has 0 bridgehead atoms. The summed E-state index contributed by atoms with van der Waals surface area (Å²) in [6.07, 6.45) is 6.52. The molecule has 0 N–H and O–H groups in total. The maximum atomic E-state index is 11.5. The minimum atomic E-state index is -0.254. The molecule has 1 aromatic rings. The molecular weight excluding hydrogens is 227 g/mol. The van der Waals surface area contributed by atoms with Gasteiger partial charge in [-0.05, 0) is 17.8 Å². The molecule has 0 radical (unpaired) electrons. The van der Waals surface area contributed by atoms with E-state index in [-0.39, 0.29) is 5.78 Å². The maximum absolute atomic E-state index is 11.5. The van der Waals surface area contributed by atoms with Crippen LogP contribution in [0.15, 0.2) is 30.3 Å². The van der Waals surface area contributed by atoms with Gasteiger partial charge in [0.05, 0.1) is 0 Å². The minimum Gasteiger partial charge on any atom is -0.389 e. The fourth-order valence-corrected chi connectivity index (χ4v) is 1.17. The molecule has 0 aliphatic rings. The standard InChI is InChI=1S/C15H5OP/c1-2-3-12-17-13-8-7-11-15(16)14-9-5-4-6-10-14/h4-6,9-10H/q-2. The van der Waals surface area contributed by atoms with E-state index in [4.69, 9.17) is 6.42 Å². The molecule has 0 amide bonds. The first-order chi connectivity index (χ1) is 8.34. The van der Waals surface area contributed by atoms with Crippen molar-refractivity contribution in [1.29, 1.82) is 0 Å². The van der Waals surface area contributed by atoms with Crippen LogP contribution in [0, 0.1) is 47.3 Å². The molecule has 0 aliphatic heterocycles. The van der Waals surface area contributed by atoms with Crippen LogP contribution in [0.25, 0.3) is 0 Å². The fourth-order valence-electron chi connectivity index (χ4n) is 0.889. The predicted octanol–water partition coefficient (Wildman–Crippen LogP) is 2.33. The zero-order valence-corrected chi connectivity index (χ0v) is 9.64. The van der Waals surface area contributed by atoms with Gasteiger partial charge in [0, 0.05) is 5.56 Å². The van der Waals surface area contributed by atoms with Crippen LogP contribution < -0.4 is 0 Å². The first-order valence-corrected chi connectivity index (χ1v) is 5.46. The number of carbonyl (C=O) groups excluding carboxylic acids is 1. The number of rotatable bonds is 1. The molecule has 0 unspecified atom stereocenters. The first kappa shape index (κ1) is 12.6. The molecule has 0 aliphatic carbocycles. The van der Waals surface area contributed by atoms with E-state index in [1.807, 2.05) is 12.0 Å². The lowest BCUT2D eigenvalue weighted by Gasteiger charge is -1.94. The fraction of sp³-hybridized carbons (Fsp3) is 0. The summed E-state index contributed by atoms with van der Waals surface area (Å²) < 4.78 is 0. The van der Waals surface area contributed by atoms with Gasteiger partial charge in [0.25, 0.3) is 0 Å². The third kappa shape index (κ3) is 5.26. The zero-order valence-electron chi connectivity index (χ0n) is 8.74. The van der Waals surface area contributed by atoms with E-state index in [1.54, 1.807) is 24.3 Å². The summed E-state index contributed by atoms with van der Waals surface area (Å²) in [7, 11) is 0.549. The van der Waals surface area contributed by atoms with E-state index in [0.29, 0.717) is 14.1 Å². The summed E-state index contributed by atoms with van der Waals surface area (Å²) in [4.78, 5) is 11.5.